The minimum Gasteiger partial charge on any atom is -0.342 e. The molecule has 4 nitrogen and oxygen atoms in total. The van der Waals surface area contributed by atoms with Crippen molar-refractivity contribution in [3.8, 4) is 0 Å². The van der Waals surface area contributed by atoms with E-state index in [9.17, 15) is 8.78 Å². The lowest BCUT2D eigenvalue weighted by atomic mass is 9.98. The molecule has 0 saturated carbocycles. The largest absolute Gasteiger partial charge is 0.342 e. The van der Waals surface area contributed by atoms with E-state index < -0.39 is 12.3 Å². The first kappa shape index (κ1) is 12.7. The molecular formula is C12H13F2N3O. The minimum absolute atomic E-state index is 0.267. The van der Waals surface area contributed by atoms with Gasteiger partial charge in [-0.15, -0.1) is 0 Å². The van der Waals surface area contributed by atoms with E-state index in [1.165, 1.54) is 19.3 Å². The number of hydrogen-bond acceptors (Lipinski definition) is 4. The molecule has 6 heteroatoms. The lowest BCUT2D eigenvalue weighted by molar-refractivity contribution is 0.0153. The highest BCUT2D eigenvalue weighted by atomic mass is 19.3. The highest BCUT2D eigenvalue weighted by molar-refractivity contribution is 5.74. The number of halogens is 2. The second-order valence-corrected chi connectivity index (χ2v) is 3.80. The van der Waals surface area contributed by atoms with Crippen LogP contribution in [0.5, 0.6) is 0 Å². The molecule has 1 aromatic rings. The summed E-state index contributed by atoms with van der Waals surface area (Å²) in [4.78, 5) is 3.89. The lowest BCUT2D eigenvalue weighted by Gasteiger charge is -2.35. The van der Waals surface area contributed by atoms with E-state index in [1.807, 2.05) is 0 Å². The molecule has 0 fully saturated rings. The van der Waals surface area contributed by atoms with Crippen LogP contribution >= 0.6 is 0 Å². The van der Waals surface area contributed by atoms with Crippen LogP contribution in [-0.2, 0) is 4.74 Å². The van der Waals surface area contributed by atoms with Gasteiger partial charge in [0, 0.05) is 25.1 Å². The highest BCUT2D eigenvalue weighted by Crippen LogP contribution is 2.29. The molecule has 0 bridgehead atoms. The molecule has 1 aromatic heterocycles. The first-order chi connectivity index (χ1) is 8.57. The summed E-state index contributed by atoms with van der Waals surface area (Å²) in [6.07, 6.45) is 3.39. The summed E-state index contributed by atoms with van der Waals surface area (Å²) in [5.41, 5.74) is 7.02. The third-order valence-corrected chi connectivity index (χ3v) is 2.71. The Hall–Kier alpha value is -1.79. The summed E-state index contributed by atoms with van der Waals surface area (Å²) in [6.45, 7) is 0. The van der Waals surface area contributed by atoms with Gasteiger partial charge in [0.15, 0.2) is 0 Å². The van der Waals surface area contributed by atoms with Crippen molar-refractivity contribution in [3.05, 3.63) is 47.9 Å². The molecule has 0 aromatic carbocycles. The number of ether oxygens (including phenoxy) is 1. The fraction of sp³-hybridized carbons (Fsp3) is 0.250. The number of nitrogens with one attached hydrogen (secondary N) is 1. The van der Waals surface area contributed by atoms with Gasteiger partial charge in [0.1, 0.15) is 0 Å². The second kappa shape index (κ2) is 4.83. The number of methoxy groups -OCH3 is 1. The van der Waals surface area contributed by atoms with Crippen LogP contribution in [0.4, 0.5) is 8.78 Å². The Balaban J connectivity index is 2.44. The van der Waals surface area contributed by atoms with Gasteiger partial charge < -0.3 is 10.1 Å². The first-order valence-corrected chi connectivity index (χ1v) is 5.30. The average Bonchev–Trinajstić information content (AvgIpc) is 2.39. The molecule has 2 rings (SSSR count). The van der Waals surface area contributed by atoms with Crippen molar-refractivity contribution in [1.82, 2.24) is 10.3 Å². The third-order valence-electron chi connectivity index (χ3n) is 2.71. The van der Waals surface area contributed by atoms with Crippen molar-refractivity contribution in [2.45, 2.75) is 12.3 Å². The van der Waals surface area contributed by atoms with Crippen molar-refractivity contribution in [2.75, 3.05) is 7.11 Å². The van der Waals surface area contributed by atoms with Crippen LogP contribution in [0.3, 0.4) is 0 Å². The van der Waals surface area contributed by atoms with E-state index in [1.54, 1.807) is 24.5 Å². The van der Waals surface area contributed by atoms with E-state index in [2.05, 4.69) is 10.3 Å². The van der Waals surface area contributed by atoms with Gasteiger partial charge in [-0.2, -0.15) is 0 Å². The number of pyridine rings is 1. The van der Waals surface area contributed by atoms with Gasteiger partial charge in [0.25, 0.3) is 6.43 Å². The van der Waals surface area contributed by atoms with Gasteiger partial charge in [-0.3, -0.25) is 10.7 Å². The van der Waals surface area contributed by atoms with Crippen molar-refractivity contribution in [2.24, 2.45) is 5.73 Å². The van der Waals surface area contributed by atoms with E-state index in [0.717, 1.165) is 5.56 Å². The predicted octanol–water partition coefficient (Wildman–Crippen LogP) is 1.48. The Morgan fingerprint density at radius 2 is 2.00 bits per heavy atom. The maximum atomic E-state index is 12.6. The zero-order valence-electron chi connectivity index (χ0n) is 9.73. The Bertz CT molecular complexity index is 487. The molecule has 0 radical (unpaired) electrons. The molecule has 0 spiro atoms. The molecule has 1 atom stereocenters. The van der Waals surface area contributed by atoms with E-state index in [4.69, 9.17) is 10.5 Å². The second-order valence-electron chi connectivity index (χ2n) is 3.80. The maximum Gasteiger partial charge on any atom is 0.278 e. The minimum atomic E-state index is -2.63. The molecule has 1 unspecified atom stereocenters. The first-order valence-electron chi connectivity index (χ1n) is 5.30. The number of nitrogens with zero attached hydrogens (tertiary/aromatic N) is 1. The smallest absolute Gasteiger partial charge is 0.278 e. The zero-order chi connectivity index (χ0) is 13.2. The molecule has 1 aliphatic heterocycles. The number of alkyl halides is 2. The number of hydrogen-bond donors (Lipinski definition) is 2. The molecule has 0 aliphatic carbocycles. The summed E-state index contributed by atoms with van der Waals surface area (Å²) in [7, 11) is 1.36. The van der Waals surface area contributed by atoms with Gasteiger partial charge in [-0.1, -0.05) is 6.08 Å². The Labute approximate surface area is 103 Å². The summed E-state index contributed by atoms with van der Waals surface area (Å²) in [5.74, 6) is -1.47. The van der Waals surface area contributed by atoms with E-state index in [0.29, 0.717) is 5.57 Å². The molecule has 0 amide bonds. The molecule has 18 heavy (non-hydrogen) atoms. The van der Waals surface area contributed by atoms with E-state index in [-0.39, 0.29) is 5.70 Å². The number of dihydropyridines is 1. The number of nitrogens with two attached hydrogens (primary N) is 1. The van der Waals surface area contributed by atoms with Gasteiger partial charge in [0.2, 0.25) is 5.85 Å². The number of allylic oxidation sites excluding steroid dienone is 3. The van der Waals surface area contributed by atoms with Gasteiger partial charge in [-0.25, -0.2) is 8.78 Å². The number of rotatable bonds is 3. The predicted molar refractivity (Wildman–Crippen MR) is 63.4 cm³/mol. The number of aromatic nitrogens is 1. The molecule has 1 aliphatic rings. The summed E-state index contributed by atoms with van der Waals surface area (Å²) < 4.78 is 30.4. The Kier molecular flexibility index (Phi) is 3.40. The average molecular weight is 253 g/mol. The van der Waals surface area contributed by atoms with Crippen LogP contribution in [-0.4, -0.2) is 24.4 Å². The fourth-order valence-electron chi connectivity index (χ4n) is 1.75. The van der Waals surface area contributed by atoms with Crippen LogP contribution in [0.15, 0.2) is 42.4 Å². The quantitative estimate of drug-likeness (QED) is 0.801. The molecule has 96 valence electrons. The summed E-state index contributed by atoms with van der Waals surface area (Å²) in [6, 6.07) is 3.46. The highest BCUT2D eigenvalue weighted by Gasteiger charge is 2.35. The van der Waals surface area contributed by atoms with Crippen molar-refractivity contribution in [3.63, 3.8) is 0 Å². The SMILES string of the molecule is COC1(N)NC(C(F)F)=CC=C1c1ccncc1. The zero-order valence-corrected chi connectivity index (χ0v) is 9.73. The molecule has 3 N–H and O–H groups in total. The fourth-order valence-corrected chi connectivity index (χ4v) is 1.75. The maximum absolute atomic E-state index is 12.6. The van der Waals surface area contributed by atoms with E-state index >= 15 is 0 Å². The van der Waals surface area contributed by atoms with Crippen molar-refractivity contribution < 1.29 is 13.5 Å². The van der Waals surface area contributed by atoms with Crippen LogP contribution in [0.2, 0.25) is 0 Å². The monoisotopic (exact) mass is 253 g/mol. The summed E-state index contributed by atoms with van der Waals surface area (Å²) in [5, 5.41) is 2.51. The van der Waals surface area contributed by atoms with Gasteiger partial charge in [0.05, 0.1) is 5.70 Å². The van der Waals surface area contributed by atoms with Gasteiger partial charge in [-0.05, 0) is 23.8 Å². The van der Waals surface area contributed by atoms with Crippen LogP contribution in [0.1, 0.15) is 5.56 Å². The summed E-state index contributed by atoms with van der Waals surface area (Å²) >= 11 is 0. The standard InChI is InChI=1S/C12H13F2N3O/c1-18-12(15)9(8-4-6-16-7-5-8)2-3-10(17-12)11(13)14/h2-7,11,17H,15H2,1H3. The molecular weight excluding hydrogens is 240 g/mol. The van der Waals surface area contributed by atoms with Crippen molar-refractivity contribution >= 4 is 5.57 Å². The topological polar surface area (TPSA) is 60.2 Å². The van der Waals surface area contributed by atoms with Crippen LogP contribution in [0, 0.1) is 0 Å². The Morgan fingerprint density at radius 3 is 2.56 bits per heavy atom. The van der Waals surface area contributed by atoms with Gasteiger partial charge >= 0.3 is 0 Å². The van der Waals surface area contributed by atoms with Crippen LogP contribution in [0.25, 0.3) is 5.57 Å². The molecule has 0 saturated heterocycles. The third kappa shape index (κ3) is 2.25. The van der Waals surface area contributed by atoms with Crippen LogP contribution < -0.4 is 11.1 Å². The Morgan fingerprint density at radius 1 is 1.33 bits per heavy atom. The molecule has 2 heterocycles. The van der Waals surface area contributed by atoms with Crippen molar-refractivity contribution in [1.29, 1.82) is 0 Å². The lowest BCUT2D eigenvalue weighted by Crippen LogP contribution is -2.57. The normalized spacial score (nSPS) is 23.4.